The van der Waals surface area contributed by atoms with E-state index < -0.39 is 0 Å². The molecule has 0 spiro atoms. The highest BCUT2D eigenvalue weighted by Crippen LogP contribution is 2.50. The largest absolute Gasteiger partial charge is 0.289 e. The second kappa shape index (κ2) is 6.21. The van der Waals surface area contributed by atoms with Gasteiger partial charge < -0.3 is 0 Å². The Kier molecular flexibility index (Phi) is 4.33. The fourth-order valence-electron chi connectivity index (χ4n) is 3.22. The fourth-order valence-corrected chi connectivity index (χ4v) is 4.18. The normalized spacial score (nSPS) is 17.2. The Morgan fingerprint density at radius 1 is 0.708 bits per heavy atom. The van der Waals surface area contributed by atoms with E-state index in [0.717, 1.165) is 36.8 Å². The van der Waals surface area contributed by atoms with Crippen LogP contribution in [0.15, 0.2) is 24.3 Å². The van der Waals surface area contributed by atoms with E-state index >= 15 is 0 Å². The minimum atomic E-state index is -0.0454. The summed E-state index contributed by atoms with van der Waals surface area (Å²) in [6.45, 7) is 0. The van der Waals surface area contributed by atoms with Crippen LogP contribution >= 0.6 is 46.4 Å². The molecular formula is C19H14Cl4O. The first kappa shape index (κ1) is 16.7. The maximum atomic E-state index is 13.3. The van der Waals surface area contributed by atoms with Gasteiger partial charge in [0.2, 0.25) is 0 Å². The molecule has 1 nitrogen and oxygen atoms in total. The Morgan fingerprint density at radius 3 is 1.42 bits per heavy atom. The van der Waals surface area contributed by atoms with Crippen molar-refractivity contribution in [2.45, 2.75) is 37.5 Å². The molecule has 2 aromatic rings. The highest BCUT2D eigenvalue weighted by molar-refractivity contribution is 6.44. The standard InChI is InChI=1S/C19H14Cl4O/c20-13-7-5-11(15(17(13)22)9-1-2-9)19(24)12-6-8-14(21)18(23)16(12)10-3-4-10/h5-10H,1-4H2. The van der Waals surface area contributed by atoms with E-state index in [1.54, 1.807) is 24.3 Å². The van der Waals surface area contributed by atoms with Gasteiger partial charge in [-0.1, -0.05) is 46.4 Å². The van der Waals surface area contributed by atoms with Gasteiger partial charge in [0, 0.05) is 11.1 Å². The summed E-state index contributed by atoms with van der Waals surface area (Å²) in [5.41, 5.74) is 3.02. The molecule has 0 heterocycles. The molecule has 2 saturated carbocycles. The zero-order valence-corrected chi connectivity index (χ0v) is 15.7. The zero-order valence-electron chi connectivity index (χ0n) is 12.7. The van der Waals surface area contributed by atoms with Gasteiger partial charge in [-0.15, -0.1) is 0 Å². The van der Waals surface area contributed by atoms with Gasteiger partial charge >= 0.3 is 0 Å². The Morgan fingerprint density at radius 2 is 1.08 bits per heavy atom. The number of hydrogen-bond acceptors (Lipinski definition) is 1. The number of halogens is 4. The molecule has 2 aliphatic carbocycles. The lowest BCUT2D eigenvalue weighted by atomic mass is 9.91. The van der Waals surface area contributed by atoms with Crippen molar-refractivity contribution in [3.05, 3.63) is 66.6 Å². The molecule has 2 aliphatic rings. The van der Waals surface area contributed by atoms with E-state index in [1.165, 1.54) is 0 Å². The number of carbonyl (C=O) groups is 1. The molecule has 0 atom stereocenters. The summed E-state index contributed by atoms with van der Waals surface area (Å²) in [5.74, 6) is 0.598. The molecule has 5 heteroatoms. The van der Waals surface area contributed by atoms with Crippen LogP contribution < -0.4 is 0 Å². The molecule has 2 fully saturated rings. The van der Waals surface area contributed by atoms with Crippen molar-refractivity contribution >= 4 is 52.2 Å². The number of ketones is 1. The van der Waals surface area contributed by atoms with Crippen LogP contribution in [0.4, 0.5) is 0 Å². The first-order valence-electron chi connectivity index (χ1n) is 7.99. The molecule has 124 valence electrons. The average Bonchev–Trinajstić information content (AvgIpc) is 3.44. The summed E-state index contributed by atoms with van der Waals surface area (Å²) >= 11 is 25.1. The van der Waals surface area contributed by atoms with Crippen molar-refractivity contribution in [2.75, 3.05) is 0 Å². The lowest BCUT2D eigenvalue weighted by Gasteiger charge is -2.15. The van der Waals surface area contributed by atoms with Gasteiger partial charge in [0.25, 0.3) is 0 Å². The highest BCUT2D eigenvalue weighted by atomic mass is 35.5. The topological polar surface area (TPSA) is 17.1 Å². The Balaban J connectivity index is 1.86. The van der Waals surface area contributed by atoms with E-state index in [9.17, 15) is 4.79 Å². The quantitative estimate of drug-likeness (QED) is 0.493. The molecule has 0 radical (unpaired) electrons. The highest BCUT2D eigenvalue weighted by Gasteiger charge is 2.35. The third kappa shape index (κ3) is 2.86. The second-order valence-electron chi connectivity index (χ2n) is 6.52. The molecule has 0 bridgehead atoms. The van der Waals surface area contributed by atoms with Gasteiger partial charge in [-0.25, -0.2) is 0 Å². The fraction of sp³-hybridized carbons (Fsp3) is 0.316. The number of hydrogen-bond donors (Lipinski definition) is 0. The van der Waals surface area contributed by atoms with Gasteiger partial charge in [-0.2, -0.15) is 0 Å². The smallest absolute Gasteiger partial charge is 0.193 e. The minimum absolute atomic E-state index is 0.0454. The molecule has 4 rings (SSSR count). The summed E-state index contributed by atoms with van der Waals surface area (Å²) in [5, 5.41) is 1.98. The third-order valence-corrected chi connectivity index (χ3v) is 6.36. The van der Waals surface area contributed by atoms with Crippen LogP contribution in [-0.4, -0.2) is 5.78 Å². The van der Waals surface area contributed by atoms with Crippen LogP contribution in [-0.2, 0) is 0 Å². The van der Waals surface area contributed by atoms with E-state index in [1.807, 2.05) is 0 Å². The first-order valence-corrected chi connectivity index (χ1v) is 9.50. The summed E-state index contributed by atoms with van der Waals surface area (Å²) in [6.07, 6.45) is 4.16. The molecule has 2 aromatic carbocycles. The van der Waals surface area contributed by atoms with Crippen LogP contribution in [0.1, 0.15) is 64.6 Å². The van der Waals surface area contributed by atoms with E-state index in [0.29, 0.717) is 43.1 Å². The predicted octanol–water partition coefficient (Wildman–Crippen LogP) is 7.29. The van der Waals surface area contributed by atoms with E-state index in [4.69, 9.17) is 46.4 Å². The SMILES string of the molecule is O=C(c1ccc(Cl)c(Cl)c1C1CC1)c1ccc(Cl)c(Cl)c1C1CC1. The van der Waals surface area contributed by atoms with Crippen molar-refractivity contribution in [3.8, 4) is 0 Å². The van der Waals surface area contributed by atoms with Crippen LogP contribution in [0.5, 0.6) is 0 Å². The molecular weight excluding hydrogens is 386 g/mol. The molecule has 0 amide bonds. The molecule has 0 aromatic heterocycles. The minimum Gasteiger partial charge on any atom is -0.289 e. The Labute approximate surface area is 160 Å². The monoisotopic (exact) mass is 398 g/mol. The van der Waals surface area contributed by atoms with Crippen LogP contribution in [0.2, 0.25) is 20.1 Å². The van der Waals surface area contributed by atoms with Crippen molar-refractivity contribution in [1.82, 2.24) is 0 Å². The van der Waals surface area contributed by atoms with Gasteiger partial charge in [-0.05, 0) is 72.9 Å². The second-order valence-corrected chi connectivity index (χ2v) is 8.09. The molecule has 0 aliphatic heterocycles. The Bertz CT molecular complexity index is 781. The molecule has 0 saturated heterocycles. The van der Waals surface area contributed by atoms with Crippen molar-refractivity contribution in [2.24, 2.45) is 0 Å². The molecule has 0 unspecified atom stereocenters. The maximum Gasteiger partial charge on any atom is 0.193 e. The van der Waals surface area contributed by atoms with Gasteiger partial charge in [0.1, 0.15) is 0 Å². The summed E-state index contributed by atoms with van der Waals surface area (Å²) in [4.78, 5) is 13.3. The third-order valence-electron chi connectivity index (χ3n) is 4.73. The van der Waals surface area contributed by atoms with Crippen molar-refractivity contribution < 1.29 is 4.79 Å². The number of benzene rings is 2. The van der Waals surface area contributed by atoms with Crippen molar-refractivity contribution in [3.63, 3.8) is 0 Å². The molecule has 0 N–H and O–H groups in total. The van der Waals surface area contributed by atoms with E-state index in [2.05, 4.69) is 0 Å². The summed E-state index contributed by atoms with van der Waals surface area (Å²) in [6, 6.07) is 6.95. The Hall–Kier alpha value is -0.730. The van der Waals surface area contributed by atoms with Crippen LogP contribution in [0, 0.1) is 0 Å². The maximum absolute atomic E-state index is 13.3. The number of rotatable bonds is 4. The van der Waals surface area contributed by atoms with Crippen molar-refractivity contribution in [1.29, 1.82) is 0 Å². The first-order chi connectivity index (χ1) is 11.5. The van der Waals surface area contributed by atoms with Gasteiger partial charge in [-0.3, -0.25) is 4.79 Å². The lowest BCUT2D eigenvalue weighted by molar-refractivity contribution is 0.103. The van der Waals surface area contributed by atoms with Gasteiger partial charge in [0.05, 0.1) is 20.1 Å². The van der Waals surface area contributed by atoms with E-state index in [-0.39, 0.29) is 5.78 Å². The van der Waals surface area contributed by atoms with Crippen LogP contribution in [0.3, 0.4) is 0 Å². The zero-order chi connectivity index (χ0) is 17.0. The summed E-state index contributed by atoms with van der Waals surface area (Å²) < 4.78 is 0. The molecule has 24 heavy (non-hydrogen) atoms. The predicted molar refractivity (Wildman–Crippen MR) is 100 cm³/mol. The van der Waals surface area contributed by atoms with Crippen LogP contribution in [0.25, 0.3) is 0 Å². The van der Waals surface area contributed by atoms with Gasteiger partial charge in [0.15, 0.2) is 5.78 Å². The average molecular weight is 400 g/mol. The lowest BCUT2D eigenvalue weighted by Crippen LogP contribution is -2.09. The number of carbonyl (C=O) groups excluding carboxylic acids is 1. The summed E-state index contributed by atoms with van der Waals surface area (Å²) in [7, 11) is 0.